The average Bonchev–Trinajstić information content (AvgIpc) is 2.56. The summed E-state index contributed by atoms with van der Waals surface area (Å²) in [6.45, 7) is 12.9. The van der Waals surface area contributed by atoms with Gasteiger partial charge >= 0.3 is 6.03 Å². The molecule has 144 valence electrons. The standard InChI is InChI=1S/C20H32N4O2/c1-15(2)18-7-5-17(6-8-18)13-23-9-11-24(12-10-23)14-19(25)22-20(26)21-16(3)4/h5-8,15-16H,9-14H2,1-4H3,(H2,21,22,25,26). The van der Waals surface area contributed by atoms with Crippen LogP contribution >= 0.6 is 0 Å². The van der Waals surface area contributed by atoms with Crippen molar-refractivity contribution in [2.45, 2.75) is 46.2 Å². The molecule has 1 aromatic carbocycles. The second-order valence-electron chi connectivity index (χ2n) is 7.62. The van der Waals surface area contributed by atoms with Crippen molar-refractivity contribution in [2.75, 3.05) is 32.7 Å². The van der Waals surface area contributed by atoms with Crippen LogP contribution in [0.5, 0.6) is 0 Å². The van der Waals surface area contributed by atoms with Gasteiger partial charge in [0.05, 0.1) is 6.54 Å². The van der Waals surface area contributed by atoms with Crippen LogP contribution in [0.15, 0.2) is 24.3 Å². The number of nitrogens with one attached hydrogen (secondary N) is 2. The fourth-order valence-electron chi connectivity index (χ4n) is 3.04. The van der Waals surface area contributed by atoms with Crippen LogP contribution in [0.2, 0.25) is 0 Å². The van der Waals surface area contributed by atoms with E-state index in [0.717, 1.165) is 32.7 Å². The van der Waals surface area contributed by atoms with Crippen molar-refractivity contribution in [3.8, 4) is 0 Å². The third-order valence-corrected chi connectivity index (χ3v) is 4.56. The number of hydrogen-bond donors (Lipinski definition) is 2. The van der Waals surface area contributed by atoms with Gasteiger partial charge in [0.25, 0.3) is 0 Å². The molecule has 1 heterocycles. The van der Waals surface area contributed by atoms with Crippen LogP contribution < -0.4 is 10.6 Å². The van der Waals surface area contributed by atoms with Crippen molar-refractivity contribution in [1.82, 2.24) is 20.4 Å². The molecule has 0 aromatic heterocycles. The monoisotopic (exact) mass is 360 g/mol. The zero-order valence-electron chi connectivity index (χ0n) is 16.4. The maximum Gasteiger partial charge on any atom is 0.321 e. The van der Waals surface area contributed by atoms with E-state index in [-0.39, 0.29) is 18.5 Å². The zero-order valence-corrected chi connectivity index (χ0v) is 16.4. The minimum absolute atomic E-state index is 0.0148. The summed E-state index contributed by atoms with van der Waals surface area (Å²) in [5.41, 5.74) is 2.69. The Balaban J connectivity index is 1.71. The molecule has 0 aliphatic carbocycles. The highest BCUT2D eigenvalue weighted by Gasteiger charge is 2.20. The predicted octanol–water partition coefficient (Wildman–Crippen LogP) is 2.16. The molecule has 0 bridgehead atoms. The number of amides is 3. The lowest BCUT2D eigenvalue weighted by Crippen LogP contribution is -2.51. The lowest BCUT2D eigenvalue weighted by Gasteiger charge is -2.34. The highest BCUT2D eigenvalue weighted by atomic mass is 16.2. The highest BCUT2D eigenvalue weighted by molar-refractivity contribution is 5.95. The smallest absolute Gasteiger partial charge is 0.321 e. The summed E-state index contributed by atoms with van der Waals surface area (Å²) in [5.74, 6) is 0.308. The molecule has 26 heavy (non-hydrogen) atoms. The van der Waals surface area contributed by atoms with Gasteiger partial charge in [0.1, 0.15) is 0 Å². The minimum Gasteiger partial charge on any atom is -0.336 e. The van der Waals surface area contributed by atoms with Crippen molar-refractivity contribution in [3.63, 3.8) is 0 Å². The first-order chi connectivity index (χ1) is 12.3. The minimum atomic E-state index is -0.423. The summed E-state index contributed by atoms with van der Waals surface area (Å²) in [4.78, 5) is 28.0. The number of nitrogens with zero attached hydrogens (tertiary/aromatic N) is 2. The number of rotatable bonds is 6. The molecule has 1 aliphatic rings. The van der Waals surface area contributed by atoms with E-state index in [1.807, 2.05) is 13.8 Å². The van der Waals surface area contributed by atoms with Crippen molar-refractivity contribution < 1.29 is 9.59 Å². The number of carbonyl (C=O) groups excluding carboxylic acids is 2. The van der Waals surface area contributed by atoms with Crippen LogP contribution in [0.1, 0.15) is 44.7 Å². The fourth-order valence-corrected chi connectivity index (χ4v) is 3.04. The number of piperazine rings is 1. The molecular formula is C20H32N4O2. The van der Waals surface area contributed by atoms with Crippen LogP contribution in [0.3, 0.4) is 0 Å². The summed E-state index contributed by atoms with van der Waals surface area (Å²) in [6, 6.07) is 8.44. The van der Waals surface area contributed by atoms with Gasteiger partial charge < -0.3 is 5.32 Å². The van der Waals surface area contributed by atoms with E-state index in [9.17, 15) is 9.59 Å². The Morgan fingerprint density at radius 1 is 0.962 bits per heavy atom. The molecule has 1 saturated heterocycles. The summed E-state index contributed by atoms with van der Waals surface area (Å²) in [7, 11) is 0. The Kier molecular flexibility index (Phi) is 7.60. The van der Waals surface area contributed by atoms with E-state index in [2.05, 4.69) is 58.5 Å². The molecule has 2 N–H and O–H groups in total. The third-order valence-electron chi connectivity index (χ3n) is 4.56. The molecule has 1 aromatic rings. The van der Waals surface area contributed by atoms with E-state index in [0.29, 0.717) is 5.92 Å². The molecule has 0 radical (unpaired) electrons. The van der Waals surface area contributed by atoms with Crippen molar-refractivity contribution in [1.29, 1.82) is 0 Å². The Morgan fingerprint density at radius 3 is 2.08 bits per heavy atom. The predicted molar refractivity (Wildman–Crippen MR) is 104 cm³/mol. The number of hydrogen-bond acceptors (Lipinski definition) is 4. The number of benzene rings is 1. The van der Waals surface area contributed by atoms with Crippen LogP contribution in [-0.4, -0.2) is 60.5 Å². The SMILES string of the molecule is CC(C)NC(=O)NC(=O)CN1CCN(Cc2ccc(C(C)C)cc2)CC1. The van der Waals surface area contributed by atoms with Gasteiger partial charge in [-0.3, -0.25) is 19.9 Å². The average molecular weight is 361 g/mol. The Bertz CT molecular complexity index is 590. The number of carbonyl (C=O) groups is 2. The summed E-state index contributed by atoms with van der Waals surface area (Å²) >= 11 is 0. The van der Waals surface area contributed by atoms with Gasteiger partial charge in [0, 0.05) is 38.8 Å². The quantitative estimate of drug-likeness (QED) is 0.816. The van der Waals surface area contributed by atoms with Gasteiger partial charge in [0.15, 0.2) is 0 Å². The number of urea groups is 1. The molecule has 6 heteroatoms. The lowest BCUT2D eigenvalue weighted by atomic mass is 10.0. The van der Waals surface area contributed by atoms with Gasteiger partial charge in [-0.15, -0.1) is 0 Å². The molecule has 3 amide bonds. The van der Waals surface area contributed by atoms with Crippen LogP contribution in [0.4, 0.5) is 4.79 Å². The van der Waals surface area contributed by atoms with Crippen LogP contribution in [-0.2, 0) is 11.3 Å². The van der Waals surface area contributed by atoms with Gasteiger partial charge in [-0.25, -0.2) is 4.79 Å². The Hall–Kier alpha value is -1.92. The second kappa shape index (κ2) is 9.69. The Morgan fingerprint density at radius 2 is 1.54 bits per heavy atom. The van der Waals surface area contributed by atoms with Gasteiger partial charge in [-0.05, 0) is 30.9 Å². The largest absolute Gasteiger partial charge is 0.336 e. The maximum atomic E-state index is 11.9. The van der Waals surface area contributed by atoms with Crippen molar-refractivity contribution in [2.24, 2.45) is 0 Å². The molecule has 0 spiro atoms. The van der Waals surface area contributed by atoms with Gasteiger partial charge in [-0.1, -0.05) is 38.1 Å². The van der Waals surface area contributed by atoms with E-state index in [1.54, 1.807) is 0 Å². The van der Waals surface area contributed by atoms with E-state index >= 15 is 0 Å². The first kappa shape index (κ1) is 20.4. The summed E-state index contributed by atoms with van der Waals surface area (Å²) in [5, 5.41) is 5.04. The van der Waals surface area contributed by atoms with Gasteiger partial charge in [-0.2, -0.15) is 0 Å². The first-order valence-corrected chi connectivity index (χ1v) is 9.47. The van der Waals surface area contributed by atoms with Crippen molar-refractivity contribution in [3.05, 3.63) is 35.4 Å². The fraction of sp³-hybridized carbons (Fsp3) is 0.600. The van der Waals surface area contributed by atoms with E-state index in [1.165, 1.54) is 11.1 Å². The van der Waals surface area contributed by atoms with E-state index < -0.39 is 6.03 Å². The molecule has 0 saturated carbocycles. The first-order valence-electron chi connectivity index (χ1n) is 9.47. The zero-order chi connectivity index (χ0) is 19.1. The van der Waals surface area contributed by atoms with Crippen molar-refractivity contribution >= 4 is 11.9 Å². The third kappa shape index (κ3) is 6.77. The summed E-state index contributed by atoms with van der Waals surface area (Å²) < 4.78 is 0. The molecule has 0 atom stereocenters. The second-order valence-corrected chi connectivity index (χ2v) is 7.62. The van der Waals surface area contributed by atoms with Crippen LogP contribution in [0.25, 0.3) is 0 Å². The van der Waals surface area contributed by atoms with Gasteiger partial charge in [0.2, 0.25) is 5.91 Å². The van der Waals surface area contributed by atoms with Crippen LogP contribution in [0, 0.1) is 0 Å². The van der Waals surface area contributed by atoms with E-state index in [4.69, 9.17) is 0 Å². The molecule has 2 rings (SSSR count). The topological polar surface area (TPSA) is 64.7 Å². The maximum absolute atomic E-state index is 11.9. The summed E-state index contributed by atoms with van der Waals surface area (Å²) in [6.07, 6.45) is 0. The molecule has 0 unspecified atom stereocenters. The molecule has 1 aliphatic heterocycles. The molecular weight excluding hydrogens is 328 g/mol. The Labute approximate surface area is 156 Å². The molecule has 6 nitrogen and oxygen atoms in total. The number of imide groups is 1. The lowest BCUT2D eigenvalue weighted by molar-refractivity contribution is -0.121. The normalized spacial score (nSPS) is 16.1. The molecule has 1 fully saturated rings. The highest BCUT2D eigenvalue weighted by Crippen LogP contribution is 2.16.